The third kappa shape index (κ3) is 4.76. The van der Waals surface area contributed by atoms with E-state index in [2.05, 4.69) is 0 Å². The second-order valence-corrected chi connectivity index (χ2v) is 6.01. The van der Waals surface area contributed by atoms with Crippen molar-refractivity contribution in [3.63, 3.8) is 0 Å². The number of hydrogen-bond donors (Lipinski definition) is 1. The van der Waals surface area contributed by atoms with Crippen LogP contribution in [0.2, 0.25) is 0 Å². The van der Waals surface area contributed by atoms with Crippen LogP contribution >= 0.6 is 7.60 Å². The van der Waals surface area contributed by atoms with E-state index < -0.39 is 25.3 Å². The summed E-state index contributed by atoms with van der Waals surface area (Å²) in [5.41, 5.74) is 0. The van der Waals surface area contributed by atoms with Crippen molar-refractivity contribution < 1.29 is 28.3 Å². The molecule has 0 saturated carbocycles. The third-order valence-electron chi connectivity index (χ3n) is 1.97. The van der Waals surface area contributed by atoms with Gasteiger partial charge in [-0.05, 0) is 27.7 Å². The van der Waals surface area contributed by atoms with Gasteiger partial charge in [-0.25, -0.2) is 0 Å². The number of aliphatic hydroxyl groups is 1. The van der Waals surface area contributed by atoms with Crippen molar-refractivity contribution in [1.29, 1.82) is 0 Å². The van der Waals surface area contributed by atoms with Crippen molar-refractivity contribution in [2.45, 2.75) is 39.5 Å². The summed E-state index contributed by atoms with van der Waals surface area (Å²) in [5.74, 6) is -0.642. The Bertz CT molecular complexity index is 279. The van der Waals surface area contributed by atoms with Crippen molar-refractivity contribution in [3.8, 4) is 0 Å². The minimum atomic E-state index is -3.75. The average Bonchev–Trinajstić information content (AvgIpc) is 2.17. The number of hydrogen-bond acceptors (Lipinski definition) is 6. The summed E-state index contributed by atoms with van der Waals surface area (Å²) in [6.07, 6.45) is -0.432. The highest BCUT2D eigenvalue weighted by Gasteiger charge is 2.47. The molecule has 0 aromatic rings. The predicted molar refractivity (Wildman–Crippen MR) is 62.7 cm³/mol. The first kappa shape index (κ1) is 16.6. The Hall–Kier alpha value is -0.420. The van der Waals surface area contributed by atoms with Crippen molar-refractivity contribution in [2.75, 3.05) is 19.8 Å². The molecule has 0 fully saturated rings. The molecule has 0 spiro atoms. The van der Waals surface area contributed by atoms with Gasteiger partial charge in [0.25, 0.3) is 0 Å². The summed E-state index contributed by atoms with van der Waals surface area (Å²) >= 11 is 0. The largest absolute Gasteiger partial charge is 0.466 e. The molecular weight excluding hydrogens is 247 g/mol. The molecule has 0 heterocycles. The molecule has 1 N–H and O–H groups in total. The number of esters is 1. The molecule has 0 radical (unpaired) electrons. The summed E-state index contributed by atoms with van der Waals surface area (Å²) in [6.45, 7) is 6.60. The molecule has 1 unspecified atom stereocenters. The van der Waals surface area contributed by atoms with E-state index in [1.165, 1.54) is 6.92 Å². The van der Waals surface area contributed by atoms with Crippen molar-refractivity contribution in [3.05, 3.63) is 0 Å². The summed E-state index contributed by atoms with van der Waals surface area (Å²) < 4.78 is 26.9. The van der Waals surface area contributed by atoms with Gasteiger partial charge in [0.05, 0.1) is 26.2 Å². The molecule has 6 nitrogen and oxygen atoms in total. The quantitative estimate of drug-likeness (QED) is 0.535. The Labute approximate surface area is 102 Å². The molecule has 0 bridgehead atoms. The zero-order chi connectivity index (χ0) is 13.5. The first-order chi connectivity index (χ1) is 7.83. The molecule has 0 aliphatic heterocycles. The van der Waals surface area contributed by atoms with E-state index in [1.807, 2.05) is 0 Å². The van der Waals surface area contributed by atoms with Crippen LogP contribution in [0.5, 0.6) is 0 Å². The Morgan fingerprint density at radius 2 is 1.65 bits per heavy atom. The van der Waals surface area contributed by atoms with Crippen LogP contribution in [0.25, 0.3) is 0 Å². The number of ether oxygens (including phenoxy) is 1. The molecule has 0 aliphatic carbocycles. The number of carbonyl (C=O) groups excluding carboxylic acids is 1. The molecule has 0 aromatic heterocycles. The van der Waals surface area contributed by atoms with Gasteiger partial charge in [-0.3, -0.25) is 9.36 Å². The third-order valence-corrected chi connectivity index (χ3v) is 4.51. The van der Waals surface area contributed by atoms with Crippen LogP contribution in [-0.2, 0) is 23.1 Å². The zero-order valence-corrected chi connectivity index (χ0v) is 11.7. The predicted octanol–water partition coefficient (Wildman–Crippen LogP) is 1.91. The van der Waals surface area contributed by atoms with Crippen LogP contribution < -0.4 is 0 Å². The average molecular weight is 268 g/mol. The smallest absolute Gasteiger partial charge is 0.362 e. The Kier molecular flexibility index (Phi) is 6.94. The maximum absolute atomic E-state index is 12.3. The first-order valence-electron chi connectivity index (χ1n) is 5.60. The summed E-state index contributed by atoms with van der Waals surface area (Å²) in [7, 11) is -3.75. The van der Waals surface area contributed by atoms with Crippen LogP contribution in [0.15, 0.2) is 0 Å². The zero-order valence-electron chi connectivity index (χ0n) is 10.8. The summed E-state index contributed by atoms with van der Waals surface area (Å²) in [6, 6.07) is 0. The molecule has 0 aliphatic rings. The summed E-state index contributed by atoms with van der Waals surface area (Å²) in [5, 5.41) is 8.20. The van der Waals surface area contributed by atoms with E-state index in [4.69, 9.17) is 13.8 Å². The topological polar surface area (TPSA) is 82.1 Å². The Morgan fingerprint density at radius 1 is 1.18 bits per heavy atom. The number of carbonyl (C=O) groups is 1. The van der Waals surface area contributed by atoms with E-state index >= 15 is 0 Å². The van der Waals surface area contributed by atoms with Gasteiger partial charge >= 0.3 is 13.6 Å². The minimum Gasteiger partial charge on any atom is -0.466 e. The lowest BCUT2D eigenvalue weighted by Crippen LogP contribution is -2.31. The Morgan fingerprint density at radius 3 is 2.00 bits per heavy atom. The van der Waals surface area contributed by atoms with E-state index in [0.29, 0.717) is 0 Å². The maximum atomic E-state index is 12.3. The highest BCUT2D eigenvalue weighted by molar-refractivity contribution is 7.55. The molecule has 0 rings (SSSR count). The van der Waals surface area contributed by atoms with E-state index in [-0.39, 0.29) is 19.8 Å². The van der Waals surface area contributed by atoms with Gasteiger partial charge in [0.15, 0.2) is 5.34 Å². The monoisotopic (exact) mass is 268 g/mol. The van der Waals surface area contributed by atoms with Crippen LogP contribution in [0.4, 0.5) is 0 Å². The van der Waals surface area contributed by atoms with Gasteiger partial charge in [0, 0.05) is 0 Å². The molecule has 1 atom stereocenters. The van der Waals surface area contributed by atoms with Crippen LogP contribution in [0.3, 0.4) is 0 Å². The van der Waals surface area contributed by atoms with Gasteiger partial charge in [-0.1, -0.05) is 0 Å². The van der Waals surface area contributed by atoms with Crippen molar-refractivity contribution in [1.82, 2.24) is 0 Å². The highest BCUT2D eigenvalue weighted by Crippen LogP contribution is 2.60. The molecule has 0 amide bonds. The molecule has 17 heavy (non-hydrogen) atoms. The molecule has 0 saturated heterocycles. The molecular formula is C10H21O6P. The van der Waals surface area contributed by atoms with Crippen molar-refractivity contribution in [2.24, 2.45) is 0 Å². The van der Waals surface area contributed by atoms with Gasteiger partial charge in [0.2, 0.25) is 0 Å². The van der Waals surface area contributed by atoms with Gasteiger partial charge in [-0.15, -0.1) is 0 Å². The normalized spacial score (nSPS) is 15.4. The molecule has 0 aromatic carbocycles. The lowest BCUT2D eigenvalue weighted by atomic mass is 10.3. The van der Waals surface area contributed by atoms with E-state index in [0.717, 1.165) is 0 Å². The van der Waals surface area contributed by atoms with Gasteiger partial charge in [-0.2, -0.15) is 0 Å². The fraction of sp³-hybridized carbons (Fsp3) is 0.900. The maximum Gasteiger partial charge on any atom is 0.362 e. The van der Waals surface area contributed by atoms with Crippen LogP contribution in [0.1, 0.15) is 34.1 Å². The lowest BCUT2D eigenvalue weighted by Gasteiger charge is -2.30. The SMILES string of the molecule is CCOC(=O)CC(C)(O)P(=O)(OCC)OCC. The van der Waals surface area contributed by atoms with Gasteiger partial charge < -0.3 is 18.9 Å². The lowest BCUT2D eigenvalue weighted by molar-refractivity contribution is -0.146. The molecule has 102 valence electrons. The van der Waals surface area contributed by atoms with Crippen molar-refractivity contribution >= 4 is 13.6 Å². The van der Waals surface area contributed by atoms with E-state index in [1.54, 1.807) is 20.8 Å². The number of rotatable bonds is 8. The minimum absolute atomic E-state index is 0.121. The Balaban J connectivity index is 4.82. The fourth-order valence-electron chi connectivity index (χ4n) is 1.24. The first-order valence-corrected chi connectivity index (χ1v) is 7.14. The highest BCUT2D eigenvalue weighted by atomic mass is 31.2. The second kappa shape index (κ2) is 7.11. The fourth-order valence-corrected chi connectivity index (χ4v) is 2.87. The second-order valence-electron chi connectivity index (χ2n) is 3.53. The van der Waals surface area contributed by atoms with Crippen LogP contribution in [-0.4, -0.2) is 36.2 Å². The standard InChI is InChI=1S/C10H21O6P/c1-5-14-9(11)8-10(4,12)17(13,15-6-2)16-7-3/h12H,5-8H2,1-4H3. The van der Waals surface area contributed by atoms with E-state index in [9.17, 15) is 14.5 Å². The summed E-state index contributed by atoms with van der Waals surface area (Å²) in [4.78, 5) is 11.3. The molecule has 7 heteroatoms. The van der Waals surface area contributed by atoms with Gasteiger partial charge in [0.1, 0.15) is 0 Å². The van der Waals surface area contributed by atoms with Crippen LogP contribution in [0, 0.1) is 0 Å².